The maximum absolute atomic E-state index is 4.43. The fourth-order valence-electron chi connectivity index (χ4n) is 4.14. The summed E-state index contributed by atoms with van der Waals surface area (Å²) in [6.45, 7) is 9.98. The van der Waals surface area contributed by atoms with Gasteiger partial charge in [-0.15, -0.1) is 5.10 Å². The van der Waals surface area contributed by atoms with Crippen molar-refractivity contribution in [3.8, 4) is 11.3 Å². The Morgan fingerprint density at radius 2 is 1.33 bits per heavy atom. The summed E-state index contributed by atoms with van der Waals surface area (Å²) in [5.74, 6) is 0. The van der Waals surface area contributed by atoms with Crippen LogP contribution >= 0.6 is 0 Å². The molecule has 0 aliphatic rings. The molecule has 168 valence electrons. The van der Waals surface area contributed by atoms with Crippen molar-refractivity contribution in [3.63, 3.8) is 0 Å². The Morgan fingerprint density at radius 3 is 1.93 bits per heavy atom. The van der Waals surface area contributed by atoms with E-state index in [1.54, 1.807) is 0 Å². The molecule has 2 rings (SSSR count). The van der Waals surface area contributed by atoms with E-state index in [1.807, 2.05) is 0 Å². The lowest BCUT2D eigenvalue weighted by Gasteiger charge is -2.22. The Hall–Kier alpha value is -1.68. The van der Waals surface area contributed by atoms with Gasteiger partial charge in [0.15, 0.2) is 0 Å². The fourth-order valence-corrected chi connectivity index (χ4v) is 4.14. The van der Waals surface area contributed by atoms with Gasteiger partial charge in [-0.05, 0) is 38.4 Å². The molecule has 0 unspecified atom stereocenters. The molecular formula is C26H44N4. The van der Waals surface area contributed by atoms with Gasteiger partial charge < -0.3 is 0 Å². The summed E-state index contributed by atoms with van der Waals surface area (Å²) in [5.41, 5.74) is 4.62. The molecule has 0 spiro atoms. The van der Waals surface area contributed by atoms with Gasteiger partial charge in [0.05, 0.1) is 5.69 Å². The number of H-pyrrole nitrogens is 1. The van der Waals surface area contributed by atoms with Crippen molar-refractivity contribution >= 4 is 0 Å². The molecule has 0 atom stereocenters. The summed E-state index contributed by atoms with van der Waals surface area (Å²) in [7, 11) is 0. The number of aromatic nitrogens is 3. The van der Waals surface area contributed by atoms with E-state index in [0.29, 0.717) is 0 Å². The highest BCUT2D eigenvalue weighted by molar-refractivity contribution is 5.64. The number of benzene rings is 1. The number of nitrogens with one attached hydrogen (secondary N) is 1. The number of aryl methyl sites for hydroxylation is 1. The van der Waals surface area contributed by atoms with E-state index in [0.717, 1.165) is 17.9 Å². The van der Waals surface area contributed by atoms with E-state index in [2.05, 4.69) is 65.3 Å². The maximum Gasteiger partial charge on any atom is 0.117 e. The molecule has 1 heterocycles. The van der Waals surface area contributed by atoms with Crippen molar-refractivity contribution in [1.29, 1.82) is 0 Å². The van der Waals surface area contributed by atoms with Crippen LogP contribution in [-0.4, -0.2) is 33.4 Å². The van der Waals surface area contributed by atoms with E-state index in [4.69, 9.17) is 0 Å². The molecule has 4 nitrogen and oxygen atoms in total. The molecular weight excluding hydrogens is 368 g/mol. The quantitative estimate of drug-likeness (QED) is 0.277. The third kappa shape index (κ3) is 8.99. The first-order valence-corrected chi connectivity index (χ1v) is 12.4. The number of nitrogens with zero attached hydrogens (tertiary/aromatic N) is 3. The predicted molar refractivity (Wildman–Crippen MR) is 129 cm³/mol. The molecule has 30 heavy (non-hydrogen) atoms. The molecule has 1 aromatic carbocycles. The highest BCUT2D eigenvalue weighted by atomic mass is 15.3. The first-order valence-electron chi connectivity index (χ1n) is 12.4. The van der Waals surface area contributed by atoms with Gasteiger partial charge in [0.2, 0.25) is 0 Å². The Balaban J connectivity index is 1.91. The van der Waals surface area contributed by atoms with Crippen LogP contribution < -0.4 is 0 Å². The second kappa shape index (κ2) is 15.2. The second-order valence-electron chi connectivity index (χ2n) is 8.77. The number of rotatable bonds is 17. The minimum absolute atomic E-state index is 0.917. The SMILES string of the molecule is CCCCCCCCN(CCCCCCCC)Cc1[nH]nnc1-c1ccccc1C. The van der Waals surface area contributed by atoms with Gasteiger partial charge in [-0.25, -0.2) is 0 Å². The monoisotopic (exact) mass is 412 g/mol. The van der Waals surface area contributed by atoms with E-state index in [1.165, 1.54) is 101 Å². The van der Waals surface area contributed by atoms with Crippen LogP contribution in [0.25, 0.3) is 11.3 Å². The fraction of sp³-hybridized carbons (Fsp3) is 0.692. The summed E-state index contributed by atoms with van der Waals surface area (Å²) in [6.07, 6.45) is 16.2. The van der Waals surface area contributed by atoms with Crippen LogP contribution in [0.15, 0.2) is 24.3 Å². The van der Waals surface area contributed by atoms with Crippen molar-refractivity contribution in [2.45, 2.75) is 104 Å². The van der Waals surface area contributed by atoms with Crippen LogP contribution in [0.1, 0.15) is 102 Å². The average molecular weight is 413 g/mol. The first kappa shape index (κ1) is 24.6. The summed E-state index contributed by atoms with van der Waals surface area (Å²) < 4.78 is 0. The summed E-state index contributed by atoms with van der Waals surface area (Å²) in [4.78, 5) is 2.62. The normalized spacial score (nSPS) is 11.5. The smallest absolute Gasteiger partial charge is 0.117 e. The van der Waals surface area contributed by atoms with Crippen LogP contribution in [0.3, 0.4) is 0 Å². The Labute approximate surface area is 184 Å². The standard InChI is InChI=1S/C26H44N4/c1-4-6-8-10-12-16-20-30(21-17-13-11-9-7-5-2)22-25-26(28-29-27-25)24-19-15-14-18-23(24)3/h14-15,18-19H,4-13,16-17,20-22H2,1-3H3,(H,27,28,29). The number of hydrogen-bond acceptors (Lipinski definition) is 3. The number of aromatic amines is 1. The van der Waals surface area contributed by atoms with Gasteiger partial charge in [-0.1, -0.05) is 108 Å². The zero-order chi connectivity index (χ0) is 21.4. The van der Waals surface area contributed by atoms with Gasteiger partial charge in [0.1, 0.15) is 5.69 Å². The first-order chi connectivity index (χ1) is 14.8. The van der Waals surface area contributed by atoms with Crippen LogP contribution in [-0.2, 0) is 6.54 Å². The lowest BCUT2D eigenvalue weighted by molar-refractivity contribution is 0.249. The van der Waals surface area contributed by atoms with E-state index in [-0.39, 0.29) is 0 Å². The van der Waals surface area contributed by atoms with Crippen molar-refractivity contribution < 1.29 is 0 Å². The molecule has 1 N–H and O–H groups in total. The molecule has 1 aromatic heterocycles. The second-order valence-corrected chi connectivity index (χ2v) is 8.77. The molecule has 0 saturated heterocycles. The minimum Gasteiger partial charge on any atom is -0.297 e. The Morgan fingerprint density at radius 1 is 0.767 bits per heavy atom. The lowest BCUT2D eigenvalue weighted by Crippen LogP contribution is -2.26. The van der Waals surface area contributed by atoms with E-state index < -0.39 is 0 Å². The highest BCUT2D eigenvalue weighted by Gasteiger charge is 2.15. The molecule has 0 bridgehead atoms. The van der Waals surface area contributed by atoms with Crippen molar-refractivity contribution in [2.75, 3.05) is 13.1 Å². The van der Waals surface area contributed by atoms with Crippen molar-refractivity contribution in [2.24, 2.45) is 0 Å². The number of hydrogen-bond donors (Lipinski definition) is 1. The molecule has 0 saturated carbocycles. The highest BCUT2D eigenvalue weighted by Crippen LogP contribution is 2.24. The van der Waals surface area contributed by atoms with Crippen molar-refractivity contribution in [3.05, 3.63) is 35.5 Å². The largest absolute Gasteiger partial charge is 0.297 e. The molecule has 4 heteroatoms. The van der Waals surface area contributed by atoms with Crippen LogP contribution in [0, 0.1) is 6.92 Å². The molecule has 0 aliphatic carbocycles. The van der Waals surface area contributed by atoms with Gasteiger partial charge in [0, 0.05) is 12.1 Å². The summed E-state index contributed by atoms with van der Waals surface area (Å²) >= 11 is 0. The number of unbranched alkanes of at least 4 members (excludes halogenated alkanes) is 10. The summed E-state index contributed by atoms with van der Waals surface area (Å²) in [6, 6.07) is 8.48. The molecule has 0 aliphatic heterocycles. The van der Waals surface area contributed by atoms with Crippen LogP contribution in [0.2, 0.25) is 0 Å². The van der Waals surface area contributed by atoms with Crippen LogP contribution in [0.4, 0.5) is 0 Å². The average Bonchev–Trinajstić information content (AvgIpc) is 3.21. The third-order valence-electron chi connectivity index (χ3n) is 6.06. The lowest BCUT2D eigenvalue weighted by atomic mass is 10.0. The third-order valence-corrected chi connectivity index (χ3v) is 6.06. The van der Waals surface area contributed by atoms with Crippen LogP contribution in [0.5, 0.6) is 0 Å². The Kier molecular flexibility index (Phi) is 12.4. The molecule has 0 fully saturated rings. The molecule has 2 aromatic rings. The molecule has 0 amide bonds. The summed E-state index contributed by atoms with van der Waals surface area (Å²) in [5, 5.41) is 11.8. The van der Waals surface area contributed by atoms with Gasteiger partial charge in [-0.2, -0.15) is 0 Å². The van der Waals surface area contributed by atoms with E-state index >= 15 is 0 Å². The van der Waals surface area contributed by atoms with Gasteiger partial charge >= 0.3 is 0 Å². The Bertz CT molecular complexity index is 663. The maximum atomic E-state index is 4.43. The minimum atomic E-state index is 0.917. The van der Waals surface area contributed by atoms with Crippen molar-refractivity contribution in [1.82, 2.24) is 20.3 Å². The van der Waals surface area contributed by atoms with E-state index in [9.17, 15) is 0 Å². The van der Waals surface area contributed by atoms with Gasteiger partial charge in [-0.3, -0.25) is 10.00 Å². The topological polar surface area (TPSA) is 44.8 Å². The van der Waals surface area contributed by atoms with Gasteiger partial charge in [0.25, 0.3) is 0 Å². The zero-order valence-corrected chi connectivity index (χ0v) is 19.8. The zero-order valence-electron chi connectivity index (χ0n) is 19.8. The molecule has 0 radical (unpaired) electrons. The predicted octanol–water partition coefficient (Wildman–Crippen LogP) is 7.30.